The Bertz CT molecular complexity index is 301. The molecule has 1 heterocycles. The Morgan fingerprint density at radius 3 is 2.71 bits per heavy atom. The third-order valence-electron chi connectivity index (χ3n) is 1.97. The Morgan fingerprint density at radius 1 is 1.50 bits per heavy atom. The molecule has 1 aliphatic rings. The van der Waals surface area contributed by atoms with Gasteiger partial charge in [0.25, 0.3) is 0 Å². The SMILES string of the molecule is O=C(NCCO)N[C@H]1CCS(=O)(=O)C1. The van der Waals surface area contributed by atoms with Crippen LogP contribution < -0.4 is 10.6 Å². The summed E-state index contributed by atoms with van der Waals surface area (Å²) >= 11 is 0. The summed E-state index contributed by atoms with van der Waals surface area (Å²) in [4.78, 5) is 11.0. The van der Waals surface area contributed by atoms with Gasteiger partial charge in [-0.3, -0.25) is 0 Å². The van der Waals surface area contributed by atoms with Gasteiger partial charge in [-0.25, -0.2) is 13.2 Å². The Morgan fingerprint density at radius 2 is 2.21 bits per heavy atom. The second-order valence-electron chi connectivity index (χ2n) is 3.22. The van der Waals surface area contributed by atoms with Gasteiger partial charge in [-0.1, -0.05) is 0 Å². The van der Waals surface area contributed by atoms with Crippen molar-refractivity contribution in [2.75, 3.05) is 24.7 Å². The lowest BCUT2D eigenvalue weighted by atomic mass is 10.3. The van der Waals surface area contributed by atoms with E-state index in [1.807, 2.05) is 0 Å². The third-order valence-corrected chi connectivity index (χ3v) is 3.73. The van der Waals surface area contributed by atoms with Crippen LogP contribution in [0.4, 0.5) is 4.79 Å². The zero-order valence-corrected chi connectivity index (χ0v) is 8.51. The zero-order chi connectivity index (χ0) is 10.6. The molecule has 0 spiro atoms. The molecule has 14 heavy (non-hydrogen) atoms. The number of rotatable bonds is 3. The number of urea groups is 1. The van der Waals surface area contributed by atoms with Crippen LogP contribution >= 0.6 is 0 Å². The second kappa shape index (κ2) is 4.61. The molecule has 7 heteroatoms. The van der Waals surface area contributed by atoms with Crippen LogP contribution in [0, 0.1) is 0 Å². The fourth-order valence-electron chi connectivity index (χ4n) is 1.31. The molecule has 0 saturated carbocycles. The standard InChI is InChI=1S/C7H14N2O4S/c10-3-2-8-7(11)9-6-1-4-14(12,13)5-6/h6,10H,1-5H2,(H2,8,9,11)/t6-/m0/s1. The quantitative estimate of drug-likeness (QED) is 0.539. The molecule has 1 rings (SSSR count). The van der Waals surface area contributed by atoms with Crippen LogP contribution in [0.25, 0.3) is 0 Å². The van der Waals surface area contributed by atoms with Crippen molar-refractivity contribution in [3.05, 3.63) is 0 Å². The molecule has 0 bridgehead atoms. The van der Waals surface area contributed by atoms with Gasteiger partial charge in [0.05, 0.1) is 18.1 Å². The Kier molecular flexibility index (Phi) is 3.70. The van der Waals surface area contributed by atoms with E-state index in [4.69, 9.17) is 5.11 Å². The van der Waals surface area contributed by atoms with E-state index in [1.165, 1.54) is 0 Å². The van der Waals surface area contributed by atoms with Crippen molar-refractivity contribution < 1.29 is 18.3 Å². The number of carbonyl (C=O) groups is 1. The maximum atomic E-state index is 11.0. The van der Waals surface area contributed by atoms with E-state index < -0.39 is 15.9 Å². The molecule has 6 nitrogen and oxygen atoms in total. The summed E-state index contributed by atoms with van der Waals surface area (Å²) in [5, 5.41) is 13.3. The fraction of sp³-hybridized carbons (Fsp3) is 0.857. The van der Waals surface area contributed by atoms with Crippen molar-refractivity contribution in [3.63, 3.8) is 0 Å². The summed E-state index contributed by atoms with van der Waals surface area (Å²) in [6.07, 6.45) is 0.467. The molecule has 1 saturated heterocycles. The van der Waals surface area contributed by atoms with Crippen LogP contribution in [0.3, 0.4) is 0 Å². The minimum atomic E-state index is -2.95. The van der Waals surface area contributed by atoms with Crippen LogP contribution in [0.15, 0.2) is 0 Å². The molecular formula is C7H14N2O4S. The minimum Gasteiger partial charge on any atom is -0.395 e. The molecule has 82 valence electrons. The topological polar surface area (TPSA) is 95.5 Å². The van der Waals surface area contributed by atoms with E-state index in [0.717, 1.165) is 0 Å². The highest BCUT2D eigenvalue weighted by molar-refractivity contribution is 7.91. The fourth-order valence-corrected chi connectivity index (χ4v) is 2.99. The van der Waals surface area contributed by atoms with Crippen LogP contribution in [-0.2, 0) is 9.84 Å². The lowest BCUT2D eigenvalue weighted by Gasteiger charge is -2.10. The molecule has 0 aliphatic carbocycles. The molecule has 2 amide bonds. The predicted octanol–water partition coefficient (Wildman–Crippen LogP) is -1.53. The molecule has 1 aliphatic heterocycles. The van der Waals surface area contributed by atoms with Crippen LogP contribution in [0.1, 0.15) is 6.42 Å². The largest absolute Gasteiger partial charge is 0.395 e. The van der Waals surface area contributed by atoms with Gasteiger partial charge in [-0.15, -0.1) is 0 Å². The van der Waals surface area contributed by atoms with E-state index in [9.17, 15) is 13.2 Å². The highest BCUT2D eigenvalue weighted by atomic mass is 32.2. The molecule has 0 aromatic carbocycles. The van der Waals surface area contributed by atoms with Gasteiger partial charge in [0, 0.05) is 12.6 Å². The summed E-state index contributed by atoms with van der Waals surface area (Å²) in [6, 6.07) is -0.722. The van der Waals surface area contributed by atoms with Crippen molar-refractivity contribution in [3.8, 4) is 0 Å². The number of carbonyl (C=O) groups excluding carboxylic acids is 1. The molecule has 3 N–H and O–H groups in total. The number of nitrogens with one attached hydrogen (secondary N) is 2. The monoisotopic (exact) mass is 222 g/mol. The maximum Gasteiger partial charge on any atom is 0.315 e. The van der Waals surface area contributed by atoms with Crippen molar-refractivity contribution in [2.45, 2.75) is 12.5 Å². The molecule has 0 radical (unpaired) electrons. The smallest absolute Gasteiger partial charge is 0.315 e. The zero-order valence-electron chi connectivity index (χ0n) is 7.69. The Balaban J connectivity index is 2.29. The first kappa shape index (κ1) is 11.3. The van der Waals surface area contributed by atoms with Gasteiger partial charge < -0.3 is 15.7 Å². The van der Waals surface area contributed by atoms with E-state index in [0.29, 0.717) is 6.42 Å². The molecule has 0 aromatic heterocycles. The van der Waals surface area contributed by atoms with Gasteiger partial charge >= 0.3 is 6.03 Å². The minimum absolute atomic E-state index is 0.0134. The molecular weight excluding hydrogens is 208 g/mol. The second-order valence-corrected chi connectivity index (χ2v) is 5.45. The van der Waals surface area contributed by atoms with Gasteiger partial charge in [0.1, 0.15) is 0 Å². The van der Waals surface area contributed by atoms with E-state index in [1.54, 1.807) is 0 Å². The summed E-state index contributed by atoms with van der Waals surface area (Å²) in [7, 11) is -2.95. The summed E-state index contributed by atoms with van der Waals surface area (Å²) < 4.78 is 22.0. The van der Waals surface area contributed by atoms with Gasteiger partial charge in [-0.05, 0) is 6.42 Å². The third kappa shape index (κ3) is 3.51. The number of aliphatic hydroxyl groups excluding tert-OH is 1. The number of sulfone groups is 1. The lowest BCUT2D eigenvalue weighted by molar-refractivity contribution is 0.231. The van der Waals surface area contributed by atoms with E-state index >= 15 is 0 Å². The number of hydrogen-bond donors (Lipinski definition) is 3. The van der Waals surface area contributed by atoms with Crippen LogP contribution in [0.2, 0.25) is 0 Å². The average molecular weight is 222 g/mol. The number of hydrogen-bond acceptors (Lipinski definition) is 4. The van der Waals surface area contributed by atoms with Crippen molar-refractivity contribution in [1.82, 2.24) is 10.6 Å². The first-order valence-corrected chi connectivity index (χ1v) is 6.21. The van der Waals surface area contributed by atoms with Crippen LogP contribution in [-0.4, -0.2) is 50.3 Å². The van der Waals surface area contributed by atoms with Crippen molar-refractivity contribution in [2.24, 2.45) is 0 Å². The lowest BCUT2D eigenvalue weighted by Crippen LogP contribution is -2.43. The Labute approximate surface area is 82.6 Å². The summed E-state index contributed by atoms with van der Waals surface area (Å²) in [5.74, 6) is 0.150. The van der Waals surface area contributed by atoms with Crippen molar-refractivity contribution in [1.29, 1.82) is 0 Å². The summed E-state index contributed by atoms with van der Waals surface area (Å²) in [6.45, 7) is 0.0433. The van der Waals surface area contributed by atoms with Gasteiger partial charge in [-0.2, -0.15) is 0 Å². The van der Waals surface area contributed by atoms with Gasteiger partial charge in [0.15, 0.2) is 9.84 Å². The number of aliphatic hydroxyl groups is 1. The maximum absolute atomic E-state index is 11.0. The molecule has 1 atom stereocenters. The van der Waals surface area contributed by atoms with Crippen molar-refractivity contribution >= 4 is 15.9 Å². The van der Waals surface area contributed by atoms with Gasteiger partial charge in [0.2, 0.25) is 0 Å². The molecule has 0 aromatic rings. The van der Waals surface area contributed by atoms with Crippen LogP contribution in [0.5, 0.6) is 0 Å². The summed E-state index contributed by atoms with van der Waals surface area (Å²) in [5.41, 5.74) is 0. The molecule has 1 fully saturated rings. The first-order valence-electron chi connectivity index (χ1n) is 4.39. The van der Waals surface area contributed by atoms with E-state index in [2.05, 4.69) is 10.6 Å². The normalized spacial score (nSPS) is 24.5. The highest BCUT2D eigenvalue weighted by Crippen LogP contribution is 2.10. The molecule has 0 unspecified atom stereocenters. The first-order chi connectivity index (χ1) is 6.53. The Hall–Kier alpha value is -0.820. The predicted molar refractivity (Wildman–Crippen MR) is 50.7 cm³/mol. The van der Waals surface area contributed by atoms with E-state index in [-0.39, 0.29) is 30.7 Å². The number of amides is 2. The highest BCUT2D eigenvalue weighted by Gasteiger charge is 2.28. The average Bonchev–Trinajstić information content (AvgIpc) is 2.42.